The summed E-state index contributed by atoms with van der Waals surface area (Å²) in [6.45, 7) is 1.27. The molecule has 14 heavy (non-hydrogen) atoms. The largest absolute Gasteiger partial charge is 0.491 e. The molecule has 76 valence electrons. The summed E-state index contributed by atoms with van der Waals surface area (Å²) in [5, 5.41) is 1.23. The number of hydrogen-bond donors (Lipinski definition) is 1. The third-order valence-electron chi connectivity index (χ3n) is 2.39. The minimum absolute atomic E-state index is 0.372. The first-order valence-corrected chi connectivity index (χ1v) is 5.27. The van der Waals surface area contributed by atoms with Gasteiger partial charge < -0.3 is 10.5 Å². The van der Waals surface area contributed by atoms with Crippen LogP contribution in [0.15, 0.2) is 12.1 Å². The first-order valence-electron chi connectivity index (χ1n) is 4.51. The molecule has 0 saturated heterocycles. The second-order valence-corrected chi connectivity index (χ2v) is 4.34. The Bertz CT molecular complexity index is 354. The van der Waals surface area contributed by atoms with Crippen LogP contribution < -0.4 is 10.5 Å². The van der Waals surface area contributed by atoms with Crippen LogP contribution in [0.5, 0.6) is 5.75 Å². The molecule has 1 aromatic rings. The van der Waals surface area contributed by atoms with E-state index in [1.54, 1.807) is 6.07 Å². The van der Waals surface area contributed by atoms with E-state index in [-0.39, 0.29) is 0 Å². The van der Waals surface area contributed by atoms with Gasteiger partial charge in [-0.05, 0) is 30.7 Å². The number of hydrogen-bond acceptors (Lipinski definition) is 2. The summed E-state index contributed by atoms with van der Waals surface area (Å²) in [6, 6.07) is 3.59. The SMILES string of the molecule is NC[C@@H]1COc2c(Cl)cc(Cl)cc2C1. The lowest BCUT2D eigenvalue weighted by Crippen LogP contribution is -2.27. The van der Waals surface area contributed by atoms with Crippen molar-refractivity contribution in [3.63, 3.8) is 0 Å². The van der Waals surface area contributed by atoms with Crippen molar-refractivity contribution in [2.24, 2.45) is 11.7 Å². The summed E-state index contributed by atoms with van der Waals surface area (Å²) in [5.74, 6) is 1.14. The average molecular weight is 232 g/mol. The fraction of sp³-hybridized carbons (Fsp3) is 0.400. The molecular formula is C10H11Cl2NO. The fourth-order valence-corrected chi connectivity index (χ4v) is 2.24. The average Bonchev–Trinajstić information content (AvgIpc) is 2.16. The monoisotopic (exact) mass is 231 g/mol. The van der Waals surface area contributed by atoms with E-state index < -0.39 is 0 Å². The van der Waals surface area contributed by atoms with Gasteiger partial charge in [-0.2, -0.15) is 0 Å². The van der Waals surface area contributed by atoms with Crippen LogP contribution >= 0.6 is 23.2 Å². The van der Waals surface area contributed by atoms with Gasteiger partial charge in [0.05, 0.1) is 11.6 Å². The zero-order valence-corrected chi connectivity index (χ0v) is 9.11. The van der Waals surface area contributed by atoms with Gasteiger partial charge in [0.25, 0.3) is 0 Å². The number of benzene rings is 1. The van der Waals surface area contributed by atoms with Crippen LogP contribution in [0.25, 0.3) is 0 Å². The molecule has 0 radical (unpaired) electrons. The van der Waals surface area contributed by atoms with E-state index in [4.69, 9.17) is 33.7 Å². The number of halogens is 2. The van der Waals surface area contributed by atoms with Crippen molar-refractivity contribution in [3.05, 3.63) is 27.7 Å². The van der Waals surface area contributed by atoms with Crippen molar-refractivity contribution in [2.75, 3.05) is 13.2 Å². The fourth-order valence-electron chi connectivity index (χ4n) is 1.65. The van der Waals surface area contributed by atoms with Gasteiger partial charge in [-0.25, -0.2) is 0 Å². The Labute approximate surface area is 92.9 Å². The highest BCUT2D eigenvalue weighted by Gasteiger charge is 2.21. The quantitative estimate of drug-likeness (QED) is 0.807. The number of rotatable bonds is 1. The molecular weight excluding hydrogens is 221 g/mol. The first-order chi connectivity index (χ1) is 6.70. The Kier molecular flexibility index (Phi) is 2.86. The summed E-state index contributed by atoms with van der Waals surface area (Å²) >= 11 is 11.9. The lowest BCUT2D eigenvalue weighted by atomic mass is 9.97. The molecule has 1 aliphatic rings. The van der Waals surface area contributed by atoms with Gasteiger partial charge in [0.1, 0.15) is 5.75 Å². The van der Waals surface area contributed by atoms with Crippen LogP contribution in [0.2, 0.25) is 10.0 Å². The third kappa shape index (κ3) is 1.83. The second-order valence-electron chi connectivity index (χ2n) is 3.49. The molecule has 0 aromatic heterocycles. The summed E-state index contributed by atoms with van der Waals surface area (Å²) in [4.78, 5) is 0. The van der Waals surface area contributed by atoms with Gasteiger partial charge in [-0.1, -0.05) is 23.2 Å². The highest BCUT2D eigenvalue weighted by Crippen LogP contribution is 2.36. The molecule has 1 heterocycles. The molecule has 0 spiro atoms. The molecule has 1 atom stereocenters. The van der Waals surface area contributed by atoms with Crippen molar-refractivity contribution >= 4 is 23.2 Å². The zero-order chi connectivity index (χ0) is 10.1. The molecule has 2 N–H and O–H groups in total. The molecule has 1 aliphatic heterocycles. The smallest absolute Gasteiger partial charge is 0.141 e. The van der Waals surface area contributed by atoms with Crippen LogP contribution in [0.1, 0.15) is 5.56 Å². The molecule has 0 amide bonds. The molecule has 2 rings (SSSR count). The minimum atomic E-state index is 0.372. The Morgan fingerprint density at radius 2 is 2.21 bits per heavy atom. The number of fused-ring (bicyclic) bond motifs is 1. The Balaban J connectivity index is 2.37. The molecule has 0 saturated carbocycles. The van der Waals surface area contributed by atoms with Gasteiger partial charge in [0, 0.05) is 10.9 Å². The predicted molar refractivity (Wildman–Crippen MR) is 58.2 cm³/mol. The van der Waals surface area contributed by atoms with Gasteiger partial charge in [0.2, 0.25) is 0 Å². The molecule has 2 nitrogen and oxygen atoms in total. The van der Waals surface area contributed by atoms with E-state index in [0.29, 0.717) is 29.1 Å². The van der Waals surface area contributed by atoms with Crippen molar-refractivity contribution in [3.8, 4) is 5.75 Å². The summed E-state index contributed by atoms with van der Waals surface area (Å²) in [7, 11) is 0. The van der Waals surface area contributed by atoms with Gasteiger partial charge in [-0.15, -0.1) is 0 Å². The maximum absolute atomic E-state index is 6.00. The van der Waals surface area contributed by atoms with Gasteiger partial charge in [-0.3, -0.25) is 0 Å². The summed E-state index contributed by atoms with van der Waals surface area (Å²) in [6.07, 6.45) is 0.895. The van der Waals surface area contributed by atoms with E-state index in [0.717, 1.165) is 17.7 Å². The van der Waals surface area contributed by atoms with Crippen LogP contribution in [0, 0.1) is 5.92 Å². The first kappa shape index (κ1) is 10.1. The van der Waals surface area contributed by atoms with Crippen LogP contribution in [0.4, 0.5) is 0 Å². The Morgan fingerprint density at radius 1 is 1.43 bits per heavy atom. The van der Waals surface area contributed by atoms with E-state index in [1.165, 1.54) is 0 Å². The van der Waals surface area contributed by atoms with E-state index in [2.05, 4.69) is 0 Å². The molecule has 0 fully saturated rings. The highest BCUT2D eigenvalue weighted by molar-refractivity contribution is 6.35. The Hall–Kier alpha value is -0.440. The maximum atomic E-state index is 6.00. The lowest BCUT2D eigenvalue weighted by molar-refractivity contribution is 0.226. The summed E-state index contributed by atoms with van der Waals surface area (Å²) < 4.78 is 5.54. The topological polar surface area (TPSA) is 35.2 Å². The van der Waals surface area contributed by atoms with E-state index in [9.17, 15) is 0 Å². The standard InChI is InChI=1S/C10H11Cl2NO/c11-8-2-7-1-6(4-13)5-14-10(7)9(12)3-8/h2-3,6H,1,4-5,13H2/t6-/m1/s1. The predicted octanol–water partition coefficient (Wildman–Crippen LogP) is 2.50. The normalized spacial score (nSPS) is 20.1. The maximum Gasteiger partial charge on any atom is 0.141 e. The van der Waals surface area contributed by atoms with Crippen molar-refractivity contribution in [2.45, 2.75) is 6.42 Å². The molecule has 0 aliphatic carbocycles. The van der Waals surface area contributed by atoms with Crippen molar-refractivity contribution in [1.82, 2.24) is 0 Å². The second kappa shape index (κ2) is 3.97. The molecule has 0 bridgehead atoms. The minimum Gasteiger partial charge on any atom is -0.491 e. The van der Waals surface area contributed by atoms with Crippen LogP contribution in [-0.4, -0.2) is 13.2 Å². The van der Waals surface area contributed by atoms with E-state index in [1.807, 2.05) is 6.07 Å². The molecule has 4 heteroatoms. The van der Waals surface area contributed by atoms with Crippen molar-refractivity contribution in [1.29, 1.82) is 0 Å². The van der Waals surface area contributed by atoms with Crippen molar-refractivity contribution < 1.29 is 4.74 Å². The zero-order valence-electron chi connectivity index (χ0n) is 7.59. The van der Waals surface area contributed by atoms with Gasteiger partial charge in [0.15, 0.2) is 0 Å². The Morgan fingerprint density at radius 3 is 2.93 bits per heavy atom. The van der Waals surface area contributed by atoms with Crippen LogP contribution in [-0.2, 0) is 6.42 Å². The van der Waals surface area contributed by atoms with Crippen LogP contribution in [0.3, 0.4) is 0 Å². The molecule has 0 unspecified atom stereocenters. The number of ether oxygens (including phenoxy) is 1. The summed E-state index contributed by atoms with van der Waals surface area (Å²) in [5.41, 5.74) is 6.65. The highest BCUT2D eigenvalue weighted by atomic mass is 35.5. The lowest BCUT2D eigenvalue weighted by Gasteiger charge is -2.25. The number of nitrogens with two attached hydrogens (primary N) is 1. The third-order valence-corrected chi connectivity index (χ3v) is 2.89. The van der Waals surface area contributed by atoms with Gasteiger partial charge >= 0.3 is 0 Å². The van der Waals surface area contributed by atoms with E-state index >= 15 is 0 Å². The molecule has 1 aromatic carbocycles.